The van der Waals surface area contributed by atoms with Gasteiger partial charge in [0.1, 0.15) is 12.1 Å². The molecular formula is C12H20N2O6S2. The van der Waals surface area contributed by atoms with Gasteiger partial charge in [0.15, 0.2) is 0 Å². The van der Waals surface area contributed by atoms with Crippen molar-refractivity contribution in [2.24, 2.45) is 0 Å². The summed E-state index contributed by atoms with van der Waals surface area (Å²) in [6.07, 6.45) is 0. The zero-order valence-corrected chi connectivity index (χ0v) is 14.5. The van der Waals surface area contributed by atoms with Crippen LogP contribution in [0.1, 0.15) is 13.8 Å². The van der Waals surface area contributed by atoms with Gasteiger partial charge in [-0.15, -0.1) is 0 Å². The van der Waals surface area contributed by atoms with E-state index < -0.39 is 24.0 Å². The number of amides is 2. The Morgan fingerprint density at radius 2 is 1.14 bits per heavy atom. The molecule has 8 nitrogen and oxygen atoms in total. The van der Waals surface area contributed by atoms with Crippen LogP contribution in [0.2, 0.25) is 0 Å². The Morgan fingerprint density at radius 3 is 1.36 bits per heavy atom. The first-order chi connectivity index (χ1) is 10.3. The molecule has 0 aliphatic heterocycles. The molecule has 0 aromatic rings. The van der Waals surface area contributed by atoms with E-state index in [0.29, 0.717) is 0 Å². The molecular weight excluding hydrogens is 332 g/mol. The van der Waals surface area contributed by atoms with Crippen molar-refractivity contribution in [1.29, 1.82) is 0 Å². The molecule has 0 saturated heterocycles. The Morgan fingerprint density at radius 1 is 0.818 bits per heavy atom. The number of hydrogen-bond donors (Lipinski definition) is 2. The zero-order valence-electron chi connectivity index (χ0n) is 12.8. The number of esters is 2. The smallest absolute Gasteiger partial charge is 0.329 e. The monoisotopic (exact) mass is 352 g/mol. The molecule has 126 valence electrons. The maximum atomic E-state index is 11.5. The Kier molecular flexibility index (Phi) is 10.5. The SMILES string of the molecule is COC(=O)C(CSSCC(NC(C)=O)C(=O)OC)NC(C)=O. The van der Waals surface area contributed by atoms with Crippen LogP contribution in [-0.2, 0) is 28.7 Å². The van der Waals surface area contributed by atoms with E-state index in [1.165, 1.54) is 49.7 Å². The summed E-state index contributed by atoms with van der Waals surface area (Å²) in [4.78, 5) is 45.0. The maximum absolute atomic E-state index is 11.5. The molecule has 0 aromatic carbocycles. The molecule has 2 amide bonds. The summed E-state index contributed by atoms with van der Waals surface area (Å²) in [6, 6.07) is -1.53. The van der Waals surface area contributed by atoms with Crippen molar-refractivity contribution in [3.63, 3.8) is 0 Å². The average Bonchev–Trinajstić information content (AvgIpc) is 2.46. The summed E-state index contributed by atoms with van der Waals surface area (Å²) in [5.41, 5.74) is 0. The molecule has 0 aromatic heterocycles. The summed E-state index contributed by atoms with van der Waals surface area (Å²) in [5, 5.41) is 4.95. The lowest BCUT2D eigenvalue weighted by Gasteiger charge is -2.16. The Balaban J connectivity index is 4.33. The minimum atomic E-state index is -0.766. The highest BCUT2D eigenvalue weighted by Gasteiger charge is 2.23. The van der Waals surface area contributed by atoms with Crippen molar-refractivity contribution in [2.45, 2.75) is 25.9 Å². The molecule has 2 unspecified atom stereocenters. The highest BCUT2D eigenvalue weighted by Crippen LogP contribution is 2.23. The minimum Gasteiger partial charge on any atom is -0.467 e. The van der Waals surface area contributed by atoms with Crippen LogP contribution in [-0.4, -0.2) is 61.6 Å². The number of ether oxygens (including phenoxy) is 2. The third kappa shape index (κ3) is 8.78. The minimum absolute atomic E-state index is 0.269. The standard InChI is InChI=1S/C12H20N2O6S2/c1-7(15)13-9(11(17)19-3)5-21-22-6-10(12(18)20-4)14-8(2)16/h9-10H,5-6H2,1-4H3,(H,13,15)(H,14,16). The third-order valence-electron chi connectivity index (χ3n) is 2.28. The van der Waals surface area contributed by atoms with Crippen LogP contribution in [0.15, 0.2) is 0 Å². The van der Waals surface area contributed by atoms with Crippen molar-refractivity contribution in [3.05, 3.63) is 0 Å². The van der Waals surface area contributed by atoms with E-state index in [4.69, 9.17) is 0 Å². The first-order valence-corrected chi connectivity index (χ1v) is 8.74. The second-order valence-corrected chi connectivity index (χ2v) is 6.67. The lowest BCUT2D eigenvalue weighted by molar-refractivity contribution is -0.144. The van der Waals surface area contributed by atoms with Gasteiger partial charge in [-0.1, -0.05) is 21.6 Å². The summed E-state index contributed by atoms with van der Waals surface area (Å²) in [5.74, 6) is -1.24. The van der Waals surface area contributed by atoms with E-state index in [0.717, 1.165) is 0 Å². The van der Waals surface area contributed by atoms with Crippen LogP contribution < -0.4 is 10.6 Å². The van der Waals surface area contributed by atoms with Crippen LogP contribution in [0.3, 0.4) is 0 Å². The van der Waals surface area contributed by atoms with Gasteiger partial charge in [-0.2, -0.15) is 0 Å². The van der Waals surface area contributed by atoms with Crippen molar-refractivity contribution >= 4 is 45.3 Å². The summed E-state index contributed by atoms with van der Waals surface area (Å²) in [6.45, 7) is 2.61. The molecule has 10 heteroatoms. The lowest BCUT2D eigenvalue weighted by Crippen LogP contribution is -2.43. The predicted molar refractivity (Wildman–Crippen MR) is 84.2 cm³/mol. The molecule has 0 rings (SSSR count). The van der Waals surface area contributed by atoms with Gasteiger partial charge in [-0.25, -0.2) is 9.59 Å². The van der Waals surface area contributed by atoms with Gasteiger partial charge in [0.05, 0.1) is 14.2 Å². The fourth-order valence-electron chi connectivity index (χ4n) is 1.34. The summed E-state index contributed by atoms with van der Waals surface area (Å²) < 4.78 is 9.18. The van der Waals surface area contributed by atoms with Gasteiger partial charge in [-0.05, 0) is 0 Å². The van der Waals surface area contributed by atoms with E-state index >= 15 is 0 Å². The number of carbonyl (C=O) groups excluding carboxylic acids is 4. The second-order valence-electron chi connectivity index (χ2n) is 4.12. The molecule has 0 aliphatic rings. The first kappa shape index (κ1) is 20.6. The van der Waals surface area contributed by atoms with Crippen LogP contribution in [0.4, 0.5) is 0 Å². The van der Waals surface area contributed by atoms with Gasteiger partial charge < -0.3 is 20.1 Å². The van der Waals surface area contributed by atoms with Gasteiger partial charge in [-0.3, -0.25) is 9.59 Å². The van der Waals surface area contributed by atoms with Crippen molar-refractivity contribution in [1.82, 2.24) is 10.6 Å². The van der Waals surface area contributed by atoms with Crippen molar-refractivity contribution in [3.8, 4) is 0 Å². The highest BCUT2D eigenvalue weighted by molar-refractivity contribution is 8.76. The second kappa shape index (κ2) is 11.2. The summed E-state index contributed by atoms with van der Waals surface area (Å²) >= 11 is 0. The van der Waals surface area contributed by atoms with Gasteiger partial charge >= 0.3 is 11.9 Å². The number of nitrogens with one attached hydrogen (secondary N) is 2. The topological polar surface area (TPSA) is 111 Å². The summed E-state index contributed by atoms with van der Waals surface area (Å²) in [7, 11) is 5.02. The first-order valence-electron chi connectivity index (χ1n) is 6.26. The van der Waals surface area contributed by atoms with E-state index in [1.807, 2.05) is 0 Å². The van der Waals surface area contributed by atoms with E-state index in [9.17, 15) is 19.2 Å². The van der Waals surface area contributed by atoms with Crippen LogP contribution in [0, 0.1) is 0 Å². The van der Waals surface area contributed by atoms with Crippen LogP contribution in [0.25, 0.3) is 0 Å². The van der Waals surface area contributed by atoms with Crippen LogP contribution in [0.5, 0.6) is 0 Å². The average molecular weight is 352 g/mol. The molecule has 0 fully saturated rings. The molecule has 0 spiro atoms. The molecule has 22 heavy (non-hydrogen) atoms. The number of rotatable bonds is 9. The maximum Gasteiger partial charge on any atom is 0.329 e. The zero-order chi connectivity index (χ0) is 17.1. The molecule has 2 N–H and O–H groups in total. The number of hydrogen-bond acceptors (Lipinski definition) is 8. The quantitative estimate of drug-likeness (QED) is 0.331. The van der Waals surface area contributed by atoms with E-state index in [1.54, 1.807) is 0 Å². The Hall–Kier alpha value is -1.42. The van der Waals surface area contributed by atoms with E-state index in [2.05, 4.69) is 20.1 Å². The molecule has 0 radical (unpaired) electrons. The molecule has 0 bridgehead atoms. The lowest BCUT2D eigenvalue weighted by atomic mass is 10.3. The predicted octanol–water partition coefficient (Wildman–Crippen LogP) is -0.277. The van der Waals surface area contributed by atoms with Crippen LogP contribution >= 0.6 is 21.6 Å². The number of carbonyl (C=O) groups is 4. The fourth-order valence-corrected chi connectivity index (χ4v) is 3.64. The van der Waals surface area contributed by atoms with Crippen molar-refractivity contribution < 1.29 is 28.7 Å². The molecule has 0 saturated carbocycles. The normalized spacial score (nSPS) is 12.7. The fraction of sp³-hybridized carbons (Fsp3) is 0.667. The Labute approximate surface area is 136 Å². The Bertz CT molecular complexity index is 380. The largest absolute Gasteiger partial charge is 0.467 e. The van der Waals surface area contributed by atoms with Gasteiger partial charge in [0, 0.05) is 25.4 Å². The molecule has 0 heterocycles. The van der Waals surface area contributed by atoms with Gasteiger partial charge in [0.2, 0.25) is 11.8 Å². The van der Waals surface area contributed by atoms with Crippen molar-refractivity contribution in [2.75, 3.05) is 25.7 Å². The molecule has 2 atom stereocenters. The third-order valence-corrected chi connectivity index (χ3v) is 4.70. The van der Waals surface area contributed by atoms with Gasteiger partial charge in [0.25, 0.3) is 0 Å². The van der Waals surface area contributed by atoms with E-state index in [-0.39, 0.29) is 23.3 Å². The number of methoxy groups -OCH3 is 2. The highest BCUT2D eigenvalue weighted by atomic mass is 33.1. The molecule has 0 aliphatic carbocycles.